The lowest BCUT2D eigenvalue weighted by Gasteiger charge is -2.16. The molecule has 1 aliphatic heterocycles. The fraction of sp³-hybridized carbons (Fsp3) is 0.320. The molecule has 1 saturated heterocycles. The minimum Gasteiger partial charge on any atom is -0.444 e. The Bertz CT molecular complexity index is 1320. The zero-order valence-corrected chi connectivity index (χ0v) is 19.0. The number of para-hydroxylation sites is 1. The predicted molar refractivity (Wildman–Crippen MR) is 126 cm³/mol. The molecule has 0 aliphatic carbocycles. The summed E-state index contributed by atoms with van der Waals surface area (Å²) in [6.45, 7) is 5.40. The van der Waals surface area contributed by atoms with Crippen molar-refractivity contribution in [1.29, 1.82) is 0 Å². The van der Waals surface area contributed by atoms with Gasteiger partial charge in [-0.15, -0.1) is 0 Å². The summed E-state index contributed by atoms with van der Waals surface area (Å²) < 4.78 is 13.3. The number of rotatable bonds is 6. The Hall–Kier alpha value is -2.90. The van der Waals surface area contributed by atoms with Crippen LogP contribution < -0.4 is 5.56 Å². The van der Waals surface area contributed by atoms with Gasteiger partial charge in [0.05, 0.1) is 29.2 Å². The van der Waals surface area contributed by atoms with Crippen molar-refractivity contribution in [2.75, 3.05) is 6.61 Å². The summed E-state index contributed by atoms with van der Waals surface area (Å²) in [5.41, 5.74) is 4.83. The van der Waals surface area contributed by atoms with Gasteiger partial charge in [-0.05, 0) is 50.5 Å². The number of thioether (sulfide) groups is 1. The van der Waals surface area contributed by atoms with Crippen molar-refractivity contribution in [3.05, 3.63) is 75.9 Å². The average Bonchev–Trinajstić information content (AvgIpc) is 3.47. The third kappa shape index (κ3) is 4.23. The van der Waals surface area contributed by atoms with Gasteiger partial charge in [-0.2, -0.15) is 0 Å². The predicted octanol–water partition coefficient (Wildman–Crippen LogP) is 5.14. The van der Waals surface area contributed by atoms with Gasteiger partial charge in [0, 0.05) is 17.9 Å². The molecule has 0 saturated carbocycles. The molecular formula is C25H25N3O3S. The van der Waals surface area contributed by atoms with Crippen molar-refractivity contribution in [1.82, 2.24) is 14.5 Å². The van der Waals surface area contributed by atoms with Crippen LogP contribution in [-0.2, 0) is 17.0 Å². The molecule has 0 N–H and O–H groups in total. The molecule has 3 heterocycles. The molecule has 6 nitrogen and oxygen atoms in total. The summed E-state index contributed by atoms with van der Waals surface area (Å²) in [5, 5.41) is 1.31. The molecule has 0 bridgehead atoms. The lowest BCUT2D eigenvalue weighted by atomic mass is 10.1. The van der Waals surface area contributed by atoms with Gasteiger partial charge in [0.2, 0.25) is 5.89 Å². The van der Waals surface area contributed by atoms with Gasteiger partial charge in [0.1, 0.15) is 6.26 Å². The van der Waals surface area contributed by atoms with E-state index in [-0.39, 0.29) is 11.7 Å². The second-order valence-electron chi connectivity index (χ2n) is 8.21. The lowest BCUT2D eigenvalue weighted by molar-refractivity contribution is 0.0937. The van der Waals surface area contributed by atoms with Crippen LogP contribution >= 0.6 is 11.8 Å². The number of nitrogens with zero attached hydrogens (tertiary/aromatic N) is 3. The number of fused-ring (bicyclic) bond motifs is 1. The zero-order valence-electron chi connectivity index (χ0n) is 18.2. The van der Waals surface area contributed by atoms with Crippen LogP contribution in [0, 0.1) is 13.8 Å². The third-order valence-corrected chi connectivity index (χ3v) is 6.76. The Morgan fingerprint density at radius 2 is 2.03 bits per heavy atom. The Kier molecular flexibility index (Phi) is 5.85. The van der Waals surface area contributed by atoms with E-state index >= 15 is 0 Å². The van der Waals surface area contributed by atoms with Gasteiger partial charge in [0.15, 0.2) is 5.16 Å². The maximum absolute atomic E-state index is 13.2. The first kappa shape index (κ1) is 21.0. The van der Waals surface area contributed by atoms with Crippen molar-refractivity contribution in [2.45, 2.75) is 50.2 Å². The van der Waals surface area contributed by atoms with Crippen molar-refractivity contribution in [3.63, 3.8) is 0 Å². The minimum atomic E-state index is -0.0234. The lowest BCUT2D eigenvalue weighted by Crippen LogP contribution is -2.28. The van der Waals surface area contributed by atoms with E-state index in [1.54, 1.807) is 10.8 Å². The van der Waals surface area contributed by atoms with Crippen molar-refractivity contribution >= 4 is 22.7 Å². The number of hydrogen-bond donors (Lipinski definition) is 0. The normalized spacial score (nSPS) is 16.1. The van der Waals surface area contributed by atoms with Crippen LogP contribution in [0.3, 0.4) is 0 Å². The van der Waals surface area contributed by atoms with Gasteiger partial charge in [-0.1, -0.05) is 41.6 Å². The first-order valence-corrected chi connectivity index (χ1v) is 11.8. The molecule has 4 aromatic rings. The molecule has 1 atom stereocenters. The summed E-state index contributed by atoms with van der Waals surface area (Å²) >= 11 is 1.50. The van der Waals surface area contributed by atoms with E-state index in [9.17, 15) is 4.79 Å². The quantitative estimate of drug-likeness (QED) is 0.301. The maximum Gasteiger partial charge on any atom is 0.262 e. The van der Waals surface area contributed by atoms with E-state index in [2.05, 4.69) is 31.0 Å². The van der Waals surface area contributed by atoms with Crippen LogP contribution in [-0.4, -0.2) is 27.2 Å². The van der Waals surface area contributed by atoms with Crippen LogP contribution in [0.1, 0.15) is 29.7 Å². The Morgan fingerprint density at radius 1 is 1.16 bits per heavy atom. The molecule has 0 spiro atoms. The highest BCUT2D eigenvalue weighted by molar-refractivity contribution is 7.98. The van der Waals surface area contributed by atoms with Crippen molar-refractivity contribution in [2.24, 2.45) is 0 Å². The average molecular weight is 448 g/mol. The minimum absolute atomic E-state index is 0.0234. The Labute approximate surface area is 190 Å². The second kappa shape index (κ2) is 8.92. The number of hydrogen-bond acceptors (Lipinski definition) is 6. The molecule has 32 heavy (non-hydrogen) atoms. The summed E-state index contributed by atoms with van der Waals surface area (Å²) in [6, 6.07) is 13.7. The molecule has 0 amide bonds. The molecule has 1 fully saturated rings. The highest BCUT2D eigenvalue weighted by Crippen LogP contribution is 2.27. The fourth-order valence-electron chi connectivity index (χ4n) is 4.10. The van der Waals surface area contributed by atoms with E-state index in [0.717, 1.165) is 36.3 Å². The van der Waals surface area contributed by atoms with Gasteiger partial charge in [-0.3, -0.25) is 9.36 Å². The van der Waals surface area contributed by atoms with Crippen LogP contribution in [0.25, 0.3) is 22.4 Å². The topological polar surface area (TPSA) is 70.2 Å². The van der Waals surface area contributed by atoms with E-state index in [1.807, 2.05) is 30.3 Å². The van der Waals surface area contributed by atoms with E-state index in [1.165, 1.54) is 17.3 Å². The monoisotopic (exact) mass is 447 g/mol. The number of oxazole rings is 1. The van der Waals surface area contributed by atoms with Crippen LogP contribution in [0.15, 0.2) is 63.1 Å². The second-order valence-corrected chi connectivity index (χ2v) is 9.16. The fourth-order valence-corrected chi connectivity index (χ4v) is 4.99. The third-order valence-electron chi connectivity index (χ3n) is 5.75. The van der Waals surface area contributed by atoms with Gasteiger partial charge in [0.25, 0.3) is 5.56 Å². The highest BCUT2D eigenvalue weighted by Gasteiger charge is 2.20. The number of benzene rings is 2. The maximum atomic E-state index is 13.2. The van der Waals surface area contributed by atoms with E-state index in [0.29, 0.717) is 34.2 Å². The summed E-state index contributed by atoms with van der Waals surface area (Å²) in [5.74, 6) is 1.17. The Morgan fingerprint density at radius 3 is 2.84 bits per heavy atom. The van der Waals surface area contributed by atoms with Crippen LogP contribution in [0.4, 0.5) is 0 Å². The Balaban J connectivity index is 1.42. The first-order valence-electron chi connectivity index (χ1n) is 10.8. The highest BCUT2D eigenvalue weighted by atomic mass is 32.2. The van der Waals surface area contributed by atoms with E-state index < -0.39 is 0 Å². The smallest absolute Gasteiger partial charge is 0.262 e. The summed E-state index contributed by atoms with van der Waals surface area (Å²) in [7, 11) is 0. The SMILES string of the molecule is Cc1ccc(-c2nc(CSc3nc4ccccc4c(=O)n3CC3CCCO3)co2)c(C)c1. The van der Waals surface area contributed by atoms with Gasteiger partial charge in [-0.25, -0.2) is 9.97 Å². The van der Waals surface area contributed by atoms with Crippen LogP contribution in [0.2, 0.25) is 0 Å². The molecule has 0 radical (unpaired) electrons. The van der Waals surface area contributed by atoms with Crippen molar-refractivity contribution < 1.29 is 9.15 Å². The molecular weight excluding hydrogens is 422 g/mol. The molecule has 5 rings (SSSR count). The number of aromatic nitrogens is 3. The van der Waals surface area contributed by atoms with Gasteiger partial charge >= 0.3 is 0 Å². The molecule has 164 valence electrons. The molecule has 1 unspecified atom stereocenters. The molecule has 2 aromatic carbocycles. The molecule has 2 aromatic heterocycles. The van der Waals surface area contributed by atoms with E-state index in [4.69, 9.17) is 14.1 Å². The molecule has 1 aliphatic rings. The number of ether oxygens (including phenoxy) is 1. The standard InChI is InChI=1S/C25H25N3O3S/c1-16-9-10-20(17(2)12-16)23-26-18(14-31-23)15-32-25-27-22-8-4-3-7-21(22)24(29)28(25)13-19-6-5-11-30-19/h3-4,7-10,12,14,19H,5-6,11,13,15H2,1-2H3. The first-order chi connectivity index (χ1) is 15.6. The van der Waals surface area contributed by atoms with Crippen molar-refractivity contribution in [3.8, 4) is 11.5 Å². The summed E-state index contributed by atoms with van der Waals surface area (Å²) in [6.07, 6.45) is 3.73. The molecule has 7 heteroatoms. The van der Waals surface area contributed by atoms with Crippen LogP contribution in [0.5, 0.6) is 0 Å². The largest absolute Gasteiger partial charge is 0.444 e. The summed E-state index contributed by atoms with van der Waals surface area (Å²) in [4.78, 5) is 22.7. The zero-order chi connectivity index (χ0) is 22.1. The number of aryl methyl sites for hydroxylation is 2. The van der Waals surface area contributed by atoms with Gasteiger partial charge < -0.3 is 9.15 Å².